The molecule has 1 saturated heterocycles. The smallest absolute Gasteiger partial charge is 0.138 e. The second kappa shape index (κ2) is 8.30. The average Bonchev–Trinajstić information content (AvgIpc) is 3.37. The summed E-state index contributed by atoms with van der Waals surface area (Å²) in [6, 6.07) is 9.94. The molecule has 28 heavy (non-hydrogen) atoms. The van der Waals surface area contributed by atoms with Crippen LogP contribution in [0.4, 0.5) is 0 Å². The van der Waals surface area contributed by atoms with Gasteiger partial charge in [-0.25, -0.2) is 4.98 Å². The Labute approximate surface area is 168 Å². The number of nitrogens with one attached hydrogen (secondary N) is 4. The fourth-order valence-electron chi connectivity index (χ4n) is 3.17. The first-order valence-electron chi connectivity index (χ1n) is 9.16. The zero-order valence-electron chi connectivity index (χ0n) is 15.2. The van der Waals surface area contributed by atoms with Gasteiger partial charge in [-0.15, -0.1) is 0 Å². The van der Waals surface area contributed by atoms with Gasteiger partial charge in [0.2, 0.25) is 0 Å². The molecule has 0 spiro atoms. The number of allylic oxidation sites excluding steroid dienone is 1. The van der Waals surface area contributed by atoms with Crippen LogP contribution in [0.25, 0.3) is 16.6 Å². The molecular formula is C22H20ClN5. The highest BCUT2D eigenvalue weighted by Gasteiger charge is 2.13. The van der Waals surface area contributed by atoms with Crippen LogP contribution in [0.1, 0.15) is 23.1 Å². The summed E-state index contributed by atoms with van der Waals surface area (Å²) in [5.41, 5.74) is 4.07. The first kappa shape index (κ1) is 18.3. The SMILES string of the molecule is N=C/C(=C\NC1CCNC1)c1cnc2[nH]cc(C#Cc3ccccc3Cl)c2c1. The summed E-state index contributed by atoms with van der Waals surface area (Å²) in [5.74, 6) is 6.30. The zero-order chi connectivity index (χ0) is 19.3. The molecule has 0 bridgehead atoms. The first-order chi connectivity index (χ1) is 13.7. The maximum absolute atomic E-state index is 7.79. The van der Waals surface area contributed by atoms with Gasteiger partial charge in [0, 0.05) is 59.5 Å². The minimum absolute atomic E-state index is 0.399. The molecule has 4 rings (SSSR count). The number of halogens is 1. The van der Waals surface area contributed by atoms with Gasteiger partial charge in [-0.05, 0) is 31.2 Å². The molecule has 1 aromatic carbocycles. The van der Waals surface area contributed by atoms with Gasteiger partial charge in [0.1, 0.15) is 5.65 Å². The Hall–Kier alpha value is -3.07. The molecule has 1 aliphatic heterocycles. The van der Waals surface area contributed by atoms with Crippen molar-refractivity contribution in [3.05, 3.63) is 70.6 Å². The summed E-state index contributed by atoms with van der Waals surface area (Å²) in [4.78, 5) is 7.64. The third-order valence-electron chi connectivity index (χ3n) is 4.76. The minimum Gasteiger partial charge on any atom is -0.386 e. The third kappa shape index (κ3) is 3.94. The van der Waals surface area contributed by atoms with Crippen LogP contribution in [-0.2, 0) is 0 Å². The van der Waals surface area contributed by atoms with Gasteiger partial charge in [0.05, 0.1) is 10.6 Å². The van der Waals surface area contributed by atoms with E-state index in [4.69, 9.17) is 17.0 Å². The van der Waals surface area contributed by atoms with Crippen molar-refractivity contribution < 1.29 is 0 Å². The molecule has 0 radical (unpaired) electrons. The molecule has 2 aromatic heterocycles. The van der Waals surface area contributed by atoms with E-state index in [1.807, 2.05) is 42.7 Å². The summed E-state index contributed by atoms with van der Waals surface area (Å²) in [5, 5.41) is 16.1. The summed E-state index contributed by atoms with van der Waals surface area (Å²) in [6.07, 6.45) is 7.95. The van der Waals surface area contributed by atoms with Gasteiger partial charge in [0.15, 0.2) is 0 Å². The third-order valence-corrected chi connectivity index (χ3v) is 5.09. The number of aromatic nitrogens is 2. The average molecular weight is 390 g/mol. The molecule has 1 fully saturated rings. The Morgan fingerprint density at radius 1 is 1.29 bits per heavy atom. The van der Waals surface area contributed by atoms with Gasteiger partial charge in [0.25, 0.3) is 0 Å². The molecule has 1 atom stereocenters. The van der Waals surface area contributed by atoms with E-state index in [-0.39, 0.29) is 0 Å². The predicted molar refractivity (Wildman–Crippen MR) is 115 cm³/mol. The van der Waals surface area contributed by atoms with Crippen molar-refractivity contribution >= 4 is 34.4 Å². The Kier molecular flexibility index (Phi) is 5.43. The molecule has 5 nitrogen and oxygen atoms in total. The van der Waals surface area contributed by atoms with Crippen LogP contribution in [0.15, 0.2) is 48.9 Å². The lowest BCUT2D eigenvalue weighted by molar-refractivity contribution is 0.640. The summed E-state index contributed by atoms with van der Waals surface area (Å²) in [7, 11) is 0. The van der Waals surface area contributed by atoms with Gasteiger partial charge in [-0.1, -0.05) is 35.6 Å². The lowest BCUT2D eigenvalue weighted by Crippen LogP contribution is -2.26. The van der Waals surface area contributed by atoms with E-state index in [1.54, 1.807) is 6.20 Å². The van der Waals surface area contributed by atoms with Crippen molar-refractivity contribution in [3.8, 4) is 11.8 Å². The molecule has 3 aromatic rings. The number of benzene rings is 1. The number of fused-ring (bicyclic) bond motifs is 1. The first-order valence-corrected chi connectivity index (χ1v) is 9.54. The number of hydrogen-bond acceptors (Lipinski definition) is 4. The van der Waals surface area contributed by atoms with E-state index in [1.165, 1.54) is 6.21 Å². The lowest BCUT2D eigenvalue weighted by atomic mass is 10.1. The van der Waals surface area contributed by atoms with Crippen LogP contribution in [-0.4, -0.2) is 35.3 Å². The topological polar surface area (TPSA) is 76.6 Å². The Bertz CT molecular complexity index is 1100. The lowest BCUT2D eigenvalue weighted by Gasteiger charge is -2.10. The maximum Gasteiger partial charge on any atom is 0.138 e. The molecule has 1 unspecified atom stereocenters. The molecular weight excluding hydrogens is 370 g/mol. The van der Waals surface area contributed by atoms with Crippen LogP contribution in [0.5, 0.6) is 0 Å². The van der Waals surface area contributed by atoms with E-state index < -0.39 is 0 Å². The number of rotatable bonds is 4. The predicted octanol–water partition coefficient (Wildman–Crippen LogP) is 3.56. The molecule has 0 saturated carbocycles. The molecule has 1 aliphatic rings. The van der Waals surface area contributed by atoms with Gasteiger partial charge in [-0.2, -0.15) is 0 Å². The van der Waals surface area contributed by atoms with Gasteiger partial charge >= 0.3 is 0 Å². The standard InChI is InChI=1S/C22H20ClN5/c23-21-4-2-1-3-15(21)5-6-16-11-27-22-20(16)9-17(12-28-22)18(10-24)13-26-19-7-8-25-14-19/h1-4,9-13,19,24-26H,7-8,14H2,(H,27,28)/b18-13+,24-10?. The van der Waals surface area contributed by atoms with Gasteiger partial charge < -0.3 is 21.0 Å². The Balaban J connectivity index is 1.65. The van der Waals surface area contributed by atoms with Crippen molar-refractivity contribution in [2.75, 3.05) is 13.1 Å². The highest BCUT2D eigenvalue weighted by molar-refractivity contribution is 6.31. The Morgan fingerprint density at radius 3 is 2.93 bits per heavy atom. The van der Waals surface area contributed by atoms with Crippen molar-refractivity contribution in [2.45, 2.75) is 12.5 Å². The van der Waals surface area contributed by atoms with Crippen molar-refractivity contribution in [1.82, 2.24) is 20.6 Å². The summed E-state index contributed by atoms with van der Waals surface area (Å²) >= 11 is 6.19. The van der Waals surface area contributed by atoms with Crippen LogP contribution in [0, 0.1) is 17.3 Å². The number of hydrogen-bond donors (Lipinski definition) is 4. The van der Waals surface area contributed by atoms with E-state index >= 15 is 0 Å². The number of H-pyrrole nitrogens is 1. The summed E-state index contributed by atoms with van der Waals surface area (Å²) in [6.45, 7) is 1.97. The van der Waals surface area contributed by atoms with E-state index in [0.717, 1.165) is 52.8 Å². The fourth-order valence-corrected chi connectivity index (χ4v) is 3.36. The van der Waals surface area contributed by atoms with E-state index in [0.29, 0.717) is 11.1 Å². The number of nitrogens with zero attached hydrogens (tertiary/aromatic N) is 1. The van der Waals surface area contributed by atoms with Crippen molar-refractivity contribution in [2.24, 2.45) is 0 Å². The van der Waals surface area contributed by atoms with Crippen LogP contribution < -0.4 is 10.6 Å². The van der Waals surface area contributed by atoms with Crippen LogP contribution in [0.2, 0.25) is 5.02 Å². The zero-order valence-corrected chi connectivity index (χ0v) is 16.0. The number of pyridine rings is 1. The molecule has 140 valence electrons. The maximum atomic E-state index is 7.79. The minimum atomic E-state index is 0.399. The van der Waals surface area contributed by atoms with Crippen molar-refractivity contribution in [3.63, 3.8) is 0 Å². The largest absolute Gasteiger partial charge is 0.386 e. The fraction of sp³-hybridized carbons (Fsp3) is 0.182. The molecule has 6 heteroatoms. The summed E-state index contributed by atoms with van der Waals surface area (Å²) < 4.78 is 0. The van der Waals surface area contributed by atoms with E-state index in [9.17, 15) is 0 Å². The van der Waals surface area contributed by atoms with Gasteiger partial charge in [-0.3, -0.25) is 0 Å². The monoisotopic (exact) mass is 389 g/mol. The second-order valence-corrected chi connectivity index (χ2v) is 7.06. The molecule has 0 aliphatic carbocycles. The second-order valence-electron chi connectivity index (χ2n) is 6.65. The highest BCUT2D eigenvalue weighted by Crippen LogP contribution is 2.21. The number of aromatic amines is 1. The highest BCUT2D eigenvalue weighted by atomic mass is 35.5. The quantitative estimate of drug-likeness (QED) is 0.407. The molecule has 0 amide bonds. The Morgan fingerprint density at radius 2 is 2.14 bits per heavy atom. The van der Waals surface area contributed by atoms with E-state index in [2.05, 4.69) is 32.4 Å². The van der Waals surface area contributed by atoms with Crippen LogP contribution >= 0.6 is 11.6 Å². The van der Waals surface area contributed by atoms with Crippen LogP contribution in [0.3, 0.4) is 0 Å². The molecule has 3 heterocycles. The molecule has 4 N–H and O–H groups in total. The normalized spacial score (nSPS) is 16.6. The van der Waals surface area contributed by atoms with Crippen molar-refractivity contribution in [1.29, 1.82) is 5.41 Å².